The molecule has 1 N–H and O–H groups in total. The Kier molecular flexibility index (Phi) is 5.99. The summed E-state index contributed by atoms with van der Waals surface area (Å²) >= 11 is 0. The van der Waals surface area contributed by atoms with E-state index in [1.54, 1.807) is 17.0 Å². The first-order chi connectivity index (χ1) is 10.2. The lowest BCUT2D eigenvalue weighted by Crippen LogP contribution is -3.12. The lowest BCUT2D eigenvalue weighted by atomic mass is 10.1. The van der Waals surface area contributed by atoms with Gasteiger partial charge in [-0.2, -0.15) is 0 Å². The summed E-state index contributed by atoms with van der Waals surface area (Å²) in [6, 6.07) is 5.00. The van der Waals surface area contributed by atoms with Crippen molar-refractivity contribution in [2.45, 2.75) is 39.0 Å². The van der Waals surface area contributed by atoms with Gasteiger partial charge in [0.1, 0.15) is 0 Å². The van der Waals surface area contributed by atoms with Crippen molar-refractivity contribution in [1.82, 2.24) is 0 Å². The molecular weight excluding hydrogens is 268 g/mol. The first kappa shape index (κ1) is 15.8. The van der Waals surface area contributed by atoms with Crippen LogP contribution in [0.2, 0.25) is 0 Å². The zero-order valence-corrected chi connectivity index (χ0v) is 12.8. The van der Waals surface area contributed by atoms with Crippen LogP contribution in [0, 0.1) is 17.0 Å². The quantitative estimate of drug-likeness (QED) is 0.476. The number of hydrogen-bond donors (Lipinski definition) is 1. The average molecular weight is 293 g/mol. The number of rotatable bonds is 7. The van der Waals surface area contributed by atoms with Crippen LogP contribution in [-0.4, -0.2) is 31.2 Å². The van der Waals surface area contributed by atoms with Crippen molar-refractivity contribution in [1.29, 1.82) is 0 Å². The minimum atomic E-state index is -0.382. The molecule has 5 nitrogen and oxygen atoms in total. The molecule has 0 aliphatic carbocycles. The highest BCUT2D eigenvalue weighted by Gasteiger charge is 2.15. The number of ether oxygens (including phenoxy) is 1. The molecule has 0 unspecified atom stereocenters. The molecule has 0 amide bonds. The van der Waals surface area contributed by atoms with Crippen LogP contribution in [0.1, 0.15) is 37.7 Å². The average Bonchev–Trinajstić information content (AvgIpc) is 2.48. The van der Waals surface area contributed by atoms with Crippen molar-refractivity contribution in [3.05, 3.63) is 33.9 Å². The number of likely N-dealkylation sites (tertiary alicyclic amines) is 1. The molecule has 0 atom stereocenters. The van der Waals surface area contributed by atoms with Gasteiger partial charge in [-0.05, 0) is 50.7 Å². The van der Waals surface area contributed by atoms with Gasteiger partial charge in [0.05, 0.1) is 31.2 Å². The summed E-state index contributed by atoms with van der Waals surface area (Å²) < 4.78 is 5.62. The van der Waals surface area contributed by atoms with E-state index in [0.29, 0.717) is 12.4 Å². The highest BCUT2D eigenvalue weighted by molar-refractivity contribution is 5.48. The number of nitro benzene ring substituents is 1. The van der Waals surface area contributed by atoms with Gasteiger partial charge in [0.25, 0.3) is 0 Å². The predicted molar refractivity (Wildman–Crippen MR) is 82.0 cm³/mol. The van der Waals surface area contributed by atoms with E-state index in [2.05, 4.69) is 0 Å². The lowest BCUT2D eigenvalue weighted by Gasteiger charge is -2.23. The van der Waals surface area contributed by atoms with Gasteiger partial charge < -0.3 is 9.64 Å². The van der Waals surface area contributed by atoms with Gasteiger partial charge in [-0.15, -0.1) is 0 Å². The van der Waals surface area contributed by atoms with Gasteiger partial charge in [0.15, 0.2) is 5.75 Å². The molecule has 0 aromatic heterocycles. The van der Waals surface area contributed by atoms with Gasteiger partial charge in [-0.25, -0.2) is 0 Å². The van der Waals surface area contributed by atoms with Crippen LogP contribution in [0.25, 0.3) is 0 Å². The first-order valence-electron chi connectivity index (χ1n) is 7.88. The van der Waals surface area contributed by atoms with Gasteiger partial charge >= 0.3 is 5.69 Å². The predicted octanol–water partition coefficient (Wildman–Crippen LogP) is 2.13. The molecule has 1 heterocycles. The van der Waals surface area contributed by atoms with Crippen LogP contribution < -0.4 is 9.64 Å². The second-order valence-electron chi connectivity index (χ2n) is 5.84. The fraction of sp³-hybridized carbons (Fsp3) is 0.625. The third kappa shape index (κ3) is 5.01. The van der Waals surface area contributed by atoms with Crippen LogP contribution >= 0.6 is 0 Å². The van der Waals surface area contributed by atoms with E-state index >= 15 is 0 Å². The van der Waals surface area contributed by atoms with E-state index in [4.69, 9.17) is 4.74 Å². The molecule has 0 radical (unpaired) electrons. The van der Waals surface area contributed by atoms with Crippen molar-refractivity contribution in [3.63, 3.8) is 0 Å². The normalized spacial score (nSPS) is 15.9. The molecule has 1 fully saturated rings. The summed E-state index contributed by atoms with van der Waals surface area (Å²) in [6.45, 7) is 6.25. The Bertz CT molecular complexity index is 471. The monoisotopic (exact) mass is 293 g/mol. The number of unbranched alkanes of at least 4 members (excludes halogenated alkanes) is 1. The zero-order valence-electron chi connectivity index (χ0n) is 12.8. The van der Waals surface area contributed by atoms with Crippen LogP contribution in [0.3, 0.4) is 0 Å². The van der Waals surface area contributed by atoms with Gasteiger partial charge in [0, 0.05) is 6.07 Å². The number of nitrogens with zero attached hydrogens (tertiary/aromatic N) is 1. The Balaban J connectivity index is 1.73. The number of piperidine rings is 1. The molecule has 0 saturated carbocycles. The maximum atomic E-state index is 11.0. The molecule has 116 valence electrons. The number of hydrogen-bond acceptors (Lipinski definition) is 3. The SMILES string of the molecule is Cc1ccc([N+](=O)[O-])c(OCCCC[NH+]2CCCCC2)c1. The lowest BCUT2D eigenvalue weighted by molar-refractivity contribution is -0.905. The van der Waals surface area contributed by atoms with E-state index in [1.165, 1.54) is 45.0 Å². The summed E-state index contributed by atoms with van der Waals surface area (Å²) in [6.07, 6.45) is 6.15. The number of nitrogens with one attached hydrogen (secondary N) is 1. The fourth-order valence-corrected chi connectivity index (χ4v) is 2.85. The second-order valence-corrected chi connectivity index (χ2v) is 5.84. The molecule has 21 heavy (non-hydrogen) atoms. The smallest absolute Gasteiger partial charge is 0.310 e. The number of aryl methyl sites for hydroxylation is 1. The second kappa shape index (κ2) is 7.98. The molecule has 5 heteroatoms. The zero-order chi connectivity index (χ0) is 15.1. The number of nitro groups is 1. The minimum absolute atomic E-state index is 0.0576. The third-order valence-electron chi connectivity index (χ3n) is 4.05. The van der Waals surface area contributed by atoms with Crippen LogP contribution in [0.15, 0.2) is 18.2 Å². The van der Waals surface area contributed by atoms with Crippen molar-refractivity contribution in [2.24, 2.45) is 0 Å². The fourth-order valence-electron chi connectivity index (χ4n) is 2.85. The maximum absolute atomic E-state index is 11.0. The Morgan fingerprint density at radius 1 is 1.24 bits per heavy atom. The molecule has 0 spiro atoms. The molecule has 1 aromatic carbocycles. The number of benzene rings is 1. The summed E-state index contributed by atoms with van der Waals surface area (Å²) in [7, 11) is 0. The van der Waals surface area contributed by atoms with Crippen LogP contribution in [0.5, 0.6) is 5.75 Å². The molecule has 1 aliphatic heterocycles. The van der Waals surface area contributed by atoms with Crippen LogP contribution in [0.4, 0.5) is 5.69 Å². The number of quaternary nitrogens is 1. The largest absolute Gasteiger partial charge is 0.487 e. The van der Waals surface area contributed by atoms with Crippen molar-refractivity contribution in [2.75, 3.05) is 26.2 Å². The van der Waals surface area contributed by atoms with E-state index in [1.807, 2.05) is 6.92 Å². The van der Waals surface area contributed by atoms with Gasteiger partial charge in [0.2, 0.25) is 0 Å². The highest BCUT2D eigenvalue weighted by Crippen LogP contribution is 2.27. The minimum Gasteiger partial charge on any atom is -0.487 e. The summed E-state index contributed by atoms with van der Waals surface area (Å²) in [4.78, 5) is 12.3. The van der Waals surface area contributed by atoms with Crippen molar-refractivity contribution < 1.29 is 14.6 Å². The van der Waals surface area contributed by atoms with Gasteiger partial charge in [-0.3, -0.25) is 10.1 Å². The third-order valence-corrected chi connectivity index (χ3v) is 4.05. The van der Waals surface area contributed by atoms with E-state index in [-0.39, 0.29) is 10.6 Å². The molecule has 1 saturated heterocycles. The highest BCUT2D eigenvalue weighted by atomic mass is 16.6. The maximum Gasteiger partial charge on any atom is 0.310 e. The molecule has 1 aliphatic rings. The standard InChI is InChI=1S/C16H24N2O3/c1-14-7-8-15(18(19)20)16(13-14)21-12-6-5-11-17-9-3-2-4-10-17/h7-8,13H,2-6,9-12H2,1H3/p+1. The molecule has 2 rings (SSSR count). The van der Waals surface area contributed by atoms with Gasteiger partial charge in [-0.1, -0.05) is 6.07 Å². The summed E-state index contributed by atoms with van der Waals surface area (Å²) in [5, 5.41) is 11.0. The van der Waals surface area contributed by atoms with Crippen LogP contribution in [-0.2, 0) is 0 Å². The summed E-state index contributed by atoms with van der Waals surface area (Å²) in [5.74, 6) is 0.394. The van der Waals surface area contributed by atoms with Crippen molar-refractivity contribution >= 4 is 5.69 Å². The Labute approximate surface area is 126 Å². The van der Waals surface area contributed by atoms with E-state index in [9.17, 15) is 10.1 Å². The molecule has 0 bridgehead atoms. The first-order valence-corrected chi connectivity index (χ1v) is 7.88. The van der Waals surface area contributed by atoms with Crippen molar-refractivity contribution in [3.8, 4) is 5.75 Å². The molecule has 1 aromatic rings. The Morgan fingerprint density at radius 3 is 2.71 bits per heavy atom. The summed E-state index contributed by atoms with van der Waals surface area (Å²) in [5.41, 5.74) is 1.04. The Hall–Kier alpha value is -1.62. The van der Waals surface area contributed by atoms with E-state index in [0.717, 1.165) is 18.4 Å². The van der Waals surface area contributed by atoms with E-state index < -0.39 is 0 Å². The molecular formula is C16H25N2O3+. The Morgan fingerprint density at radius 2 is 2.00 bits per heavy atom. The topological polar surface area (TPSA) is 56.8 Å².